The van der Waals surface area contributed by atoms with E-state index in [0.29, 0.717) is 29.5 Å². The number of nitrogens with one attached hydrogen (secondary N) is 1. The largest absolute Gasteiger partial charge is 0.497 e. The first kappa shape index (κ1) is 19.2. The van der Waals surface area contributed by atoms with Crippen LogP contribution in [-0.4, -0.2) is 41.0 Å². The lowest BCUT2D eigenvalue weighted by atomic mass is 10.1. The zero-order valence-electron chi connectivity index (χ0n) is 15.3. The first-order valence-electron chi connectivity index (χ1n) is 7.93. The predicted molar refractivity (Wildman–Crippen MR) is 96.4 cm³/mol. The third-order valence-electron chi connectivity index (χ3n) is 3.64. The second-order valence-electron chi connectivity index (χ2n) is 5.27. The molecule has 0 spiro atoms. The molecule has 0 bridgehead atoms. The number of hydrogen-bond acceptors (Lipinski definition) is 6. The highest BCUT2D eigenvalue weighted by molar-refractivity contribution is 5.77. The lowest BCUT2D eigenvalue weighted by Crippen LogP contribution is -2.28. The van der Waals surface area contributed by atoms with Crippen LogP contribution in [-0.2, 0) is 11.3 Å². The lowest BCUT2D eigenvalue weighted by molar-refractivity contribution is -0.123. The lowest BCUT2D eigenvalue weighted by Gasteiger charge is -2.14. The summed E-state index contributed by atoms with van der Waals surface area (Å²) < 4.78 is 26.4. The summed E-state index contributed by atoms with van der Waals surface area (Å²) in [5.74, 6) is 2.65. The third-order valence-corrected chi connectivity index (χ3v) is 3.64. The van der Waals surface area contributed by atoms with E-state index < -0.39 is 0 Å². The normalized spacial score (nSPS) is 10.0. The van der Waals surface area contributed by atoms with Crippen LogP contribution in [0.15, 0.2) is 36.4 Å². The molecule has 0 aromatic heterocycles. The van der Waals surface area contributed by atoms with E-state index in [1.165, 1.54) is 0 Å². The molecule has 2 aromatic carbocycles. The highest BCUT2D eigenvalue weighted by Gasteiger charge is 2.13. The van der Waals surface area contributed by atoms with Crippen LogP contribution in [0.5, 0.6) is 28.7 Å². The van der Waals surface area contributed by atoms with Gasteiger partial charge in [-0.15, -0.1) is 0 Å². The minimum absolute atomic E-state index is 0.0866. The van der Waals surface area contributed by atoms with Crippen LogP contribution in [0.2, 0.25) is 0 Å². The van der Waals surface area contributed by atoms with Gasteiger partial charge in [0.15, 0.2) is 18.1 Å². The molecule has 1 amide bonds. The highest BCUT2D eigenvalue weighted by atomic mass is 16.5. The van der Waals surface area contributed by atoms with Gasteiger partial charge in [-0.05, 0) is 42.0 Å². The van der Waals surface area contributed by atoms with E-state index in [4.69, 9.17) is 23.7 Å². The van der Waals surface area contributed by atoms with Crippen molar-refractivity contribution in [3.63, 3.8) is 0 Å². The van der Waals surface area contributed by atoms with Crippen LogP contribution >= 0.6 is 0 Å². The smallest absolute Gasteiger partial charge is 0.258 e. The van der Waals surface area contributed by atoms with Gasteiger partial charge in [0, 0.05) is 6.54 Å². The summed E-state index contributed by atoms with van der Waals surface area (Å²) in [5, 5.41) is 2.79. The molecule has 0 fully saturated rings. The number of amides is 1. The Morgan fingerprint density at radius 3 is 1.92 bits per heavy atom. The number of benzene rings is 2. The quantitative estimate of drug-likeness (QED) is 0.739. The summed E-state index contributed by atoms with van der Waals surface area (Å²) in [6.45, 7) is 0.221. The molecule has 7 heteroatoms. The third kappa shape index (κ3) is 4.95. The van der Waals surface area contributed by atoms with Gasteiger partial charge in [-0.1, -0.05) is 0 Å². The van der Waals surface area contributed by atoms with E-state index in [2.05, 4.69) is 5.32 Å². The molecule has 0 saturated heterocycles. The van der Waals surface area contributed by atoms with Gasteiger partial charge in [0.25, 0.3) is 5.91 Å². The Balaban J connectivity index is 1.91. The van der Waals surface area contributed by atoms with E-state index in [-0.39, 0.29) is 12.5 Å². The molecule has 140 valence electrons. The Kier molecular flexibility index (Phi) is 6.96. The van der Waals surface area contributed by atoms with Crippen molar-refractivity contribution in [3.05, 3.63) is 42.0 Å². The Morgan fingerprint density at radius 1 is 0.846 bits per heavy atom. The van der Waals surface area contributed by atoms with Gasteiger partial charge in [-0.25, -0.2) is 0 Å². The molecule has 2 rings (SSSR count). The predicted octanol–water partition coefficient (Wildman–Crippen LogP) is 2.42. The Hall–Kier alpha value is -3.09. The zero-order valence-corrected chi connectivity index (χ0v) is 15.3. The van der Waals surface area contributed by atoms with Crippen LogP contribution in [0.1, 0.15) is 5.56 Å². The number of hydrogen-bond donors (Lipinski definition) is 1. The zero-order chi connectivity index (χ0) is 18.9. The molecule has 26 heavy (non-hydrogen) atoms. The molecule has 0 aliphatic carbocycles. The molecule has 7 nitrogen and oxygen atoms in total. The monoisotopic (exact) mass is 361 g/mol. The molecule has 0 atom stereocenters. The molecule has 2 aromatic rings. The van der Waals surface area contributed by atoms with Gasteiger partial charge in [-0.3, -0.25) is 4.79 Å². The number of rotatable bonds is 9. The molecule has 0 heterocycles. The molecule has 0 saturated carbocycles. The maximum atomic E-state index is 12.0. The van der Waals surface area contributed by atoms with Crippen molar-refractivity contribution in [2.24, 2.45) is 0 Å². The summed E-state index contributed by atoms with van der Waals surface area (Å²) in [7, 11) is 6.22. The van der Waals surface area contributed by atoms with Crippen LogP contribution in [0.4, 0.5) is 0 Å². The molecule has 1 N–H and O–H groups in total. The van der Waals surface area contributed by atoms with Gasteiger partial charge >= 0.3 is 0 Å². The Labute approximate surface area is 152 Å². The SMILES string of the molecule is COc1ccc(OCC(=O)NCc2cc(OC)c(OC)c(OC)c2)cc1. The van der Waals surface area contributed by atoms with Crippen molar-refractivity contribution in [1.29, 1.82) is 0 Å². The number of carbonyl (C=O) groups is 1. The minimum Gasteiger partial charge on any atom is -0.497 e. The fourth-order valence-electron chi connectivity index (χ4n) is 2.31. The highest BCUT2D eigenvalue weighted by Crippen LogP contribution is 2.38. The maximum Gasteiger partial charge on any atom is 0.258 e. The summed E-state index contributed by atoms with van der Waals surface area (Å²) in [4.78, 5) is 12.0. The van der Waals surface area contributed by atoms with Gasteiger partial charge in [0.2, 0.25) is 5.75 Å². The van der Waals surface area contributed by atoms with E-state index in [9.17, 15) is 4.79 Å². The topological polar surface area (TPSA) is 75.3 Å². The fraction of sp³-hybridized carbons (Fsp3) is 0.316. The summed E-state index contributed by atoms with van der Waals surface area (Å²) in [6, 6.07) is 10.6. The van der Waals surface area contributed by atoms with Crippen molar-refractivity contribution in [1.82, 2.24) is 5.32 Å². The summed E-state index contributed by atoms with van der Waals surface area (Å²) in [6.07, 6.45) is 0. The fourth-order valence-corrected chi connectivity index (χ4v) is 2.31. The molecule has 0 aliphatic rings. The number of methoxy groups -OCH3 is 4. The molecular weight excluding hydrogens is 338 g/mol. The van der Waals surface area contributed by atoms with Gasteiger partial charge < -0.3 is 29.0 Å². The van der Waals surface area contributed by atoms with E-state index in [1.807, 2.05) is 0 Å². The molecular formula is C19H23NO6. The maximum absolute atomic E-state index is 12.0. The molecule has 0 unspecified atom stereocenters. The average Bonchev–Trinajstić information content (AvgIpc) is 2.69. The van der Waals surface area contributed by atoms with Crippen molar-refractivity contribution in [2.45, 2.75) is 6.54 Å². The van der Waals surface area contributed by atoms with Crippen LogP contribution in [0.25, 0.3) is 0 Å². The first-order valence-corrected chi connectivity index (χ1v) is 7.93. The van der Waals surface area contributed by atoms with E-state index >= 15 is 0 Å². The van der Waals surface area contributed by atoms with Crippen molar-refractivity contribution < 1.29 is 28.5 Å². The van der Waals surface area contributed by atoms with Gasteiger partial charge in [0.1, 0.15) is 11.5 Å². The Morgan fingerprint density at radius 2 is 1.42 bits per heavy atom. The average molecular weight is 361 g/mol. The van der Waals surface area contributed by atoms with Crippen molar-refractivity contribution in [3.8, 4) is 28.7 Å². The van der Waals surface area contributed by atoms with E-state index in [0.717, 1.165) is 11.3 Å². The summed E-state index contributed by atoms with van der Waals surface area (Å²) in [5.41, 5.74) is 0.817. The van der Waals surface area contributed by atoms with Gasteiger partial charge in [-0.2, -0.15) is 0 Å². The number of carbonyl (C=O) groups excluding carboxylic acids is 1. The summed E-state index contributed by atoms with van der Waals surface area (Å²) >= 11 is 0. The molecule has 0 aliphatic heterocycles. The second kappa shape index (κ2) is 9.41. The second-order valence-corrected chi connectivity index (χ2v) is 5.27. The van der Waals surface area contributed by atoms with Crippen molar-refractivity contribution in [2.75, 3.05) is 35.0 Å². The first-order chi connectivity index (χ1) is 12.6. The Bertz CT molecular complexity index is 704. The van der Waals surface area contributed by atoms with Crippen molar-refractivity contribution >= 4 is 5.91 Å². The van der Waals surface area contributed by atoms with Crippen LogP contribution < -0.4 is 29.0 Å². The molecule has 0 radical (unpaired) electrons. The number of ether oxygens (including phenoxy) is 5. The van der Waals surface area contributed by atoms with Crippen LogP contribution in [0, 0.1) is 0 Å². The standard InChI is InChI=1S/C19H23NO6/c1-22-14-5-7-15(8-6-14)26-12-18(21)20-11-13-9-16(23-2)19(25-4)17(10-13)24-3/h5-10H,11-12H2,1-4H3,(H,20,21). The van der Waals surface area contributed by atoms with E-state index in [1.54, 1.807) is 64.8 Å². The van der Waals surface area contributed by atoms with Gasteiger partial charge in [0.05, 0.1) is 28.4 Å². The van der Waals surface area contributed by atoms with Crippen LogP contribution in [0.3, 0.4) is 0 Å². The minimum atomic E-state index is -0.241.